The topological polar surface area (TPSA) is 108 Å². The predicted octanol–water partition coefficient (Wildman–Crippen LogP) is 1.27. The molecule has 0 bridgehead atoms. The van der Waals surface area contributed by atoms with Crippen LogP contribution in [0.3, 0.4) is 0 Å². The fraction of sp³-hybridized carbons (Fsp3) is 0.182. The molecule has 0 radical (unpaired) electrons. The molecule has 1 aromatic carbocycles. The van der Waals surface area contributed by atoms with Crippen molar-refractivity contribution in [2.75, 3.05) is 18.4 Å². The molecule has 0 unspecified atom stereocenters. The monoisotopic (exact) mass is 411 g/mol. The number of urea groups is 1. The maximum Gasteiger partial charge on any atom is 0.322 e. The maximum atomic E-state index is 11.5. The number of amides is 3. The fourth-order valence-corrected chi connectivity index (χ4v) is 2.06. The Bertz CT molecular complexity index is 538. The van der Waals surface area contributed by atoms with Crippen LogP contribution >= 0.6 is 34.2 Å². The van der Waals surface area contributed by atoms with Gasteiger partial charge in [0.25, 0.3) is 0 Å². The summed E-state index contributed by atoms with van der Waals surface area (Å²) in [6, 6.07) is 4.46. The SMILES string of the molecule is O=C(O)CNC(=O)CNC(=O)Nc1ccc(I)cc1Cl. The Hall–Kier alpha value is -1.55. The van der Waals surface area contributed by atoms with Crippen molar-refractivity contribution in [1.82, 2.24) is 10.6 Å². The van der Waals surface area contributed by atoms with Gasteiger partial charge in [-0.25, -0.2) is 4.79 Å². The van der Waals surface area contributed by atoms with Crippen LogP contribution in [-0.4, -0.2) is 36.1 Å². The van der Waals surface area contributed by atoms with Crippen LogP contribution in [0.15, 0.2) is 18.2 Å². The average molecular weight is 412 g/mol. The van der Waals surface area contributed by atoms with Crippen molar-refractivity contribution in [3.63, 3.8) is 0 Å². The molecule has 0 saturated heterocycles. The van der Waals surface area contributed by atoms with E-state index in [4.69, 9.17) is 16.7 Å². The third kappa shape index (κ3) is 6.06. The number of hydrogen-bond acceptors (Lipinski definition) is 3. The zero-order valence-corrected chi connectivity index (χ0v) is 13.0. The molecule has 3 amide bonds. The minimum absolute atomic E-state index is 0.332. The summed E-state index contributed by atoms with van der Waals surface area (Å²) >= 11 is 8.01. The molecule has 7 nitrogen and oxygen atoms in total. The Kier molecular flexibility index (Phi) is 6.52. The van der Waals surface area contributed by atoms with Crippen LogP contribution < -0.4 is 16.0 Å². The van der Waals surface area contributed by atoms with Crippen molar-refractivity contribution < 1.29 is 19.5 Å². The van der Waals surface area contributed by atoms with Gasteiger partial charge in [0, 0.05) is 3.57 Å². The first-order valence-corrected chi connectivity index (χ1v) is 6.82. The number of nitrogens with one attached hydrogen (secondary N) is 3. The van der Waals surface area contributed by atoms with Gasteiger partial charge in [0.15, 0.2) is 0 Å². The normalized spacial score (nSPS) is 9.70. The van der Waals surface area contributed by atoms with Crippen LogP contribution in [0.2, 0.25) is 5.02 Å². The van der Waals surface area contributed by atoms with E-state index < -0.39 is 24.5 Å². The highest BCUT2D eigenvalue weighted by molar-refractivity contribution is 14.1. The van der Waals surface area contributed by atoms with Crippen LogP contribution in [0.5, 0.6) is 0 Å². The number of carboxylic acid groups (broad SMARTS) is 1. The van der Waals surface area contributed by atoms with Gasteiger partial charge in [-0.05, 0) is 40.8 Å². The predicted molar refractivity (Wildman–Crippen MR) is 81.8 cm³/mol. The fourth-order valence-electron chi connectivity index (χ4n) is 1.15. The van der Waals surface area contributed by atoms with E-state index in [9.17, 15) is 14.4 Å². The van der Waals surface area contributed by atoms with Gasteiger partial charge in [-0.3, -0.25) is 9.59 Å². The van der Waals surface area contributed by atoms with Crippen molar-refractivity contribution >= 4 is 57.8 Å². The lowest BCUT2D eigenvalue weighted by Crippen LogP contribution is -2.40. The zero-order chi connectivity index (χ0) is 15.1. The van der Waals surface area contributed by atoms with Crippen LogP contribution in [0.1, 0.15) is 0 Å². The van der Waals surface area contributed by atoms with Gasteiger partial charge >= 0.3 is 12.0 Å². The first-order valence-electron chi connectivity index (χ1n) is 5.37. The third-order valence-electron chi connectivity index (χ3n) is 2.03. The van der Waals surface area contributed by atoms with E-state index in [-0.39, 0.29) is 6.54 Å². The Morgan fingerprint density at radius 2 is 1.90 bits per heavy atom. The van der Waals surface area contributed by atoms with Gasteiger partial charge in [-0.2, -0.15) is 0 Å². The molecule has 0 saturated carbocycles. The second-order valence-corrected chi connectivity index (χ2v) is 5.26. The van der Waals surface area contributed by atoms with E-state index in [2.05, 4.69) is 38.5 Å². The van der Waals surface area contributed by atoms with Crippen LogP contribution in [0.25, 0.3) is 0 Å². The molecule has 4 N–H and O–H groups in total. The zero-order valence-electron chi connectivity index (χ0n) is 10.1. The highest BCUT2D eigenvalue weighted by Crippen LogP contribution is 2.23. The molecule has 1 aromatic rings. The van der Waals surface area contributed by atoms with Gasteiger partial charge in [0.1, 0.15) is 6.54 Å². The number of aliphatic carboxylic acids is 1. The second kappa shape index (κ2) is 7.90. The Labute approximate surface area is 133 Å². The molecule has 0 aliphatic heterocycles. The van der Waals surface area contributed by atoms with Crippen LogP contribution in [0.4, 0.5) is 10.5 Å². The van der Waals surface area contributed by atoms with Gasteiger partial charge < -0.3 is 21.1 Å². The lowest BCUT2D eigenvalue weighted by atomic mass is 10.3. The van der Waals surface area contributed by atoms with Crippen molar-refractivity contribution in [2.24, 2.45) is 0 Å². The summed E-state index contributed by atoms with van der Waals surface area (Å²) in [6.07, 6.45) is 0. The number of benzene rings is 1. The molecule has 0 aliphatic rings. The van der Waals surface area contributed by atoms with E-state index in [0.717, 1.165) is 3.57 Å². The first kappa shape index (κ1) is 16.5. The molecular formula is C11H11ClIN3O4. The maximum absolute atomic E-state index is 11.5. The minimum Gasteiger partial charge on any atom is -0.480 e. The molecule has 1 rings (SSSR count). The number of hydrogen-bond donors (Lipinski definition) is 4. The molecule has 0 spiro atoms. The van der Waals surface area contributed by atoms with E-state index >= 15 is 0 Å². The number of rotatable bonds is 5. The number of halogens is 2. The highest BCUT2D eigenvalue weighted by atomic mass is 127. The van der Waals surface area contributed by atoms with Crippen LogP contribution in [0, 0.1) is 3.57 Å². The number of carbonyl (C=O) groups excluding carboxylic acids is 2. The van der Waals surface area contributed by atoms with Gasteiger partial charge in [0.2, 0.25) is 5.91 Å². The molecular weight excluding hydrogens is 400 g/mol. The van der Waals surface area contributed by atoms with Crippen LogP contribution in [-0.2, 0) is 9.59 Å². The lowest BCUT2D eigenvalue weighted by Gasteiger charge is -2.09. The quantitative estimate of drug-likeness (QED) is 0.547. The summed E-state index contributed by atoms with van der Waals surface area (Å²) in [5, 5.41) is 15.6. The average Bonchev–Trinajstić information content (AvgIpc) is 2.37. The molecule has 9 heteroatoms. The highest BCUT2D eigenvalue weighted by Gasteiger charge is 2.08. The summed E-state index contributed by atoms with van der Waals surface area (Å²) in [5.74, 6) is -1.76. The largest absolute Gasteiger partial charge is 0.480 e. The molecule has 108 valence electrons. The number of anilines is 1. The molecule has 0 fully saturated rings. The van der Waals surface area contributed by atoms with E-state index in [0.29, 0.717) is 10.7 Å². The number of carbonyl (C=O) groups is 3. The summed E-state index contributed by atoms with van der Waals surface area (Å²) < 4.78 is 0.923. The first-order chi connectivity index (χ1) is 9.38. The summed E-state index contributed by atoms with van der Waals surface area (Å²) in [4.78, 5) is 32.9. The Balaban J connectivity index is 2.40. The van der Waals surface area contributed by atoms with Crippen molar-refractivity contribution in [3.05, 3.63) is 26.8 Å². The van der Waals surface area contributed by atoms with Gasteiger partial charge in [0.05, 0.1) is 17.3 Å². The van der Waals surface area contributed by atoms with Crippen molar-refractivity contribution in [3.8, 4) is 0 Å². The van der Waals surface area contributed by atoms with E-state index in [1.165, 1.54) is 0 Å². The molecule has 0 atom stereocenters. The van der Waals surface area contributed by atoms with E-state index in [1.54, 1.807) is 18.2 Å². The number of carboxylic acids is 1. The van der Waals surface area contributed by atoms with Gasteiger partial charge in [-0.1, -0.05) is 11.6 Å². The smallest absolute Gasteiger partial charge is 0.322 e. The lowest BCUT2D eigenvalue weighted by molar-refractivity contribution is -0.137. The van der Waals surface area contributed by atoms with E-state index in [1.807, 2.05) is 0 Å². The molecule has 0 heterocycles. The van der Waals surface area contributed by atoms with Crippen molar-refractivity contribution in [2.45, 2.75) is 0 Å². The summed E-state index contributed by atoms with van der Waals surface area (Å²) in [5.41, 5.74) is 0.413. The molecule has 0 aromatic heterocycles. The minimum atomic E-state index is -1.16. The molecule has 20 heavy (non-hydrogen) atoms. The molecule has 0 aliphatic carbocycles. The van der Waals surface area contributed by atoms with Gasteiger partial charge in [-0.15, -0.1) is 0 Å². The second-order valence-electron chi connectivity index (χ2n) is 3.60. The Morgan fingerprint density at radius 1 is 1.20 bits per heavy atom. The standard InChI is InChI=1S/C11H11ClIN3O4/c12-7-3-6(13)1-2-8(7)16-11(20)15-4-9(17)14-5-10(18)19/h1-3H,4-5H2,(H,14,17)(H,18,19)(H2,15,16,20). The summed E-state index contributed by atoms with van der Waals surface area (Å²) in [6.45, 7) is -0.827. The Morgan fingerprint density at radius 3 is 2.50 bits per heavy atom. The van der Waals surface area contributed by atoms with Crippen molar-refractivity contribution in [1.29, 1.82) is 0 Å². The summed E-state index contributed by atoms with van der Waals surface area (Å²) in [7, 11) is 0. The third-order valence-corrected chi connectivity index (χ3v) is 3.01.